The van der Waals surface area contributed by atoms with Crippen LogP contribution in [0.25, 0.3) is 22.3 Å². The van der Waals surface area contributed by atoms with Gasteiger partial charge in [-0.3, -0.25) is 0 Å². The second-order valence-corrected chi connectivity index (χ2v) is 7.23. The highest BCUT2D eigenvalue weighted by atomic mass is 19.1. The highest BCUT2D eigenvalue weighted by Gasteiger charge is 2.19. The van der Waals surface area contributed by atoms with Crippen molar-refractivity contribution in [2.24, 2.45) is 0 Å². The Bertz CT molecular complexity index is 1220. The number of hydrogen-bond donors (Lipinski definition) is 0. The molecule has 160 valence electrons. The summed E-state index contributed by atoms with van der Waals surface area (Å²) in [4.78, 5) is 12.6. The standard InChI is InChI=1S/C28H23FO3/c1-2-31-28(30)26-18-21(29)16-17-24(26)22-12-6-7-13-23(22)25-14-8-9-15-27(25)32-19-20-10-4-3-5-11-20/h3-18H,2,19H2,1H3. The molecule has 0 bridgehead atoms. The average molecular weight is 426 g/mol. The highest BCUT2D eigenvalue weighted by Crippen LogP contribution is 2.39. The summed E-state index contributed by atoms with van der Waals surface area (Å²) >= 11 is 0. The first-order valence-electron chi connectivity index (χ1n) is 10.5. The van der Waals surface area contributed by atoms with E-state index in [9.17, 15) is 9.18 Å². The average Bonchev–Trinajstić information content (AvgIpc) is 2.84. The Morgan fingerprint density at radius 1 is 0.750 bits per heavy atom. The number of para-hydroxylation sites is 1. The van der Waals surface area contributed by atoms with Crippen molar-refractivity contribution < 1.29 is 18.7 Å². The molecule has 0 aliphatic heterocycles. The fourth-order valence-corrected chi connectivity index (χ4v) is 3.63. The second-order valence-electron chi connectivity index (χ2n) is 7.23. The van der Waals surface area contributed by atoms with E-state index in [2.05, 4.69) is 0 Å². The lowest BCUT2D eigenvalue weighted by Gasteiger charge is -2.17. The molecule has 0 aliphatic carbocycles. The third-order valence-electron chi connectivity index (χ3n) is 5.11. The van der Waals surface area contributed by atoms with Crippen molar-refractivity contribution in [1.82, 2.24) is 0 Å². The summed E-state index contributed by atoms with van der Waals surface area (Å²) in [6, 6.07) is 29.6. The van der Waals surface area contributed by atoms with Crippen molar-refractivity contribution in [1.29, 1.82) is 0 Å². The molecular weight excluding hydrogens is 403 g/mol. The van der Waals surface area contributed by atoms with E-state index in [0.717, 1.165) is 28.0 Å². The van der Waals surface area contributed by atoms with Gasteiger partial charge in [0.25, 0.3) is 0 Å². The monoisotopic (exact) mass is 426 g/mol. The molecule has 4 heteroatoms. The van der Waals surface area contributed by atoms with Crippen LogP contribution in [0.3, 0.4) is 0 Å². The van der Waals surface area contributed by atoms with Crippen LogP contribution < -0.4 is 4.74 Å². The summed E-state index contributed by atoms with van der Waals surface area (Å²) in [7, 11) is 0. The second kappa shape index (κ2) is 9.92. The molecule has 0 aliphatic rings. The van der Waals surface area contributed by atoms with Crippen LogP contribution in [-0.4, -0.2) is 12.6 Å². The summed E-state index contributed by atoms with van der Waals surface area (Å²) in [5.41, 5.74) is 4.44. The van der Waals surface area contributed by atoms with E-state index in [1.807, 2.05) is 78.9 Å². The SMILES string of the molecule is CCOC(=O)c1cc(F)ccc1-c1ccccc1-c1ccccc1OCc1ccccc1. The van der Waals surface area contributed by atoms with E-state index in [-0.39, 0.29) is 12.2 Å². The summed E-state index contributed by atoms with van der Waals surface area (Å²) in [5.74, 6) is -0.310. The highest BCUT2D eigenvalue weighted by molar-refractivity contribution is 6.00. The number of carbonyl (C=O) groups excluding carboxylic acids is 1. The first kappa shape index (κ1) is 21.3. The van der Waals surface area contributed by atoms with Gasteiger partial charge in [0.15, 0.2) is 0 Å². The molecule has 0 fully saturated rings. The minimum Gasteiger partial charge on any atom is -0.488 e. The van der Waals surface area contributed by atoms with Gasteiger partial charge in [0.1, 0.15) is 18.2 Å². The molecule has 0 amide bonds. The molecule has 0 saturated carbocycles. The van der Waals surface area contributed by atoms with E-state index in [1.54, 1.807) is 13.0 Å². The third kappa shape index (κ3) is 4.70. The maximum atomic E-state index is 14.0. The molecular formula is C28H23FO3. The first-order valence-corrected chi connectivity index (χ1v) is 10.5. The van der Waals surface area contributed by atoms with E-state index in [4.69, 9.17) is 9.47 Å². The van der Waals surface area contributed by atoms with Gasteiger partial charge in [-0.05, 0) is 47.4 Å². The molecule has 0 saturated heterocycles. The number of benzene rings is 4. The molecule has 0 spiro atoms. The summed E-state index contributed by atoms with van der Waals surface area (Å²) in [5, 5.41) is 0. The molecule has 0 heterocycles. The van der Waals surface area contributed by atoms with Crippen molar-refractivity contribution in [3.8, 4) is 28.0 Å². The van der Waals surface area contributed by atoms with E-state index >= 15 is 0 Å². The number of carbonyl (C=O) groups is 1. The van der Waals surface area contributed by atoms with Crippen LogP contribution >= 0.6 is 0 Å². The van der Waals surface area contributed by atoms with Gasteiger partial charge in [-0.25, -0.2) is 9.18 Å². The normalized spacial score (nSPS) is 10.6. The number of hydrogen-bond acceptors (Lipinski definition) is 3. The van der Waals surface area contributed by atoms with Gasteiger partial charge in [0, 0.05) is 5.56 Å². The number of rotatable bonds is 7. The van der Waals surface area contributed by atoms with Gasteiger partial charge in [-0.2, -0.15) is 0 Å². The lowest BCUT2D eigenvalue weighted by molar-refractivity contribution is 0.0526. The van der Waals surface area contributed by atoms with Gasteiger partial charge >= 0.3 is 5.97 Å². The molecule has 0 unspecified atom stereocenters. The fraction of sp³-hybridized carbons (Fsp3) is 0.107. The molecule has 0 N–H and O–H groups in total. The molecule has 4 rings (SSSR count). The summed E-state index contributed by atoms with van der Waals surface area (Å²) in [6.45, 7) is 2.38. The quantitative estimate of drug-likeness (QED) is 0.301. The Morgan fingerprint density at radius 3 is 2.09 bits per heavy atom. The Kier molecular flexibility index (Phi) is 6.61. The topological polar surface area (TPSA) is 35.5 Å². The Hall–Kier alpha value is -3.92. The molecule has 0 atom stereocenters. The summed E-state index contributed by atoms with van der Waals surface area (Å²) in [6.07, 6.45) is 0. The van der Waals surface area contributed by atoms with Crippen LogP contribution in [0, 0.1) is 5.82 Å². The Balaban J connectivity index is 1.77. The molecule has 0 radical (unpaired) electrons. The van der Waals surface area contributed by atoms with Crippen LogP contribution in [0.15, 0.2) is 97.1 Å². The Morgan fingerprint density at radius 2 is 1.38 bits per heavy atom. The van der Waals surface area contributed by atoms with Crippen molar-refractivity contribution in [2.45, 2.75) is 13.5 Å². The van der Waals surface area contributed by atoms with Crippen molar-refractivity contribution >= 4 is 5.97 Å². The zero-order valence-electron chi connectivity index (χ0n) is 17.8. The van der Waals surface area contributed by atoms with Crippen LogP contribution in [0.4, 0.5) is 4.39 Å². The zero-order chi connectivity index (χ0) is 22.3. The van der Waals surface area contributed by atoms with Gasteiger partial charge in [0.2, 0.25) is 0 Å². The maximum absolute atomic E-state index is 14.0. The first-order chi connectivity index (χ1) is 15.7. The van der Waals surface area contributed by atoms with Gasteiger partial charge in [-0.1, -0.05) is 78.9 Å². The molecule has 3 nitrogen and oxygen atoms in total. The molecule has 4 aromatic rings. The molecule has 4 aromatic carbocycles. The van der Waals surface area contributed by atoms with Crippen molar-refractivity contribution in [2.75, 3.05) is 6.61 Å². The zero-order valence-corrected chi connectivity index (χ0v) is 17.8. The van der Waals surface area contributed by atoms with Crippen molar-refractivity contribution in [3.63, 3.8) is 0 Å². The number of esters is 1. The van der Waals surface area contributed by atoms with E-state index in [0.29, 0.717) is 12.2 Å². The predicted octanol–water partition coefficient (Wildman–Crippen LogP) is 6.92. The van der Waals surface area contributed by atoms with Gasteiger partial charge in [0.05, 0.1) is 12.2 Å². The van der Waals surface area contributed by atoms with Gasteiger partial charge in [-0.15, -0.1) is 0 Å². The lowest BCUT2D eigenvalue weighted by atomic mass is 9.91. The van der Waals surface area contributed by atoms with Crippen LogP contribution in [0.2, 0.25) is 0 Å². The number of ether oxygens (including phenoxy) is 2. The van der Waals surface area contributed by atoms with Crippen LogP contribution in [-0.2, 0) is 11.3 Å². The smallest absolute Gasteiger partial charge is 0.338 e. The maximum Gasteiger partial charge on any atom is 0.338 e. The number of halogens is 1. The predicted molar refractivity (Wildman–Crippen MR) is 124 cm³/mol. The fourth-order valence-electron chi connectivity index (χ4n) is 3.63. The molecule has 32 heavy (non-hydrogen) atoms. The van der Waals surface area contributed by atoms with E-state index < -0.39 is 11.8 Å². The largest absolute Gasteiger partial charge is 0.488 e. The minimum atomic E-state index is -0.551. The summed E-state index contributed by atoms with van der Waals surface area (Å²) < 4.78 is 25.3. The third-order valence-corrected chi connectivity index (χ3v) is 5.11. The molecule has 0 aromatic heterocycles. The Labute approximate surface area is 187 Å². The minimum absolute atomic E-state index is 0.196. The van der Waals surface area contributed by atoms with Gasteiger partial charge < -0.3 is 9.47 Å². The van der Waals surface area contributed by atoms with Crippen molar-refractivity contribution in [3.05, 3.63) is 114 Å². The van der Waals surface area contributed by atoms with Crippen LogP contribution in [0.5, 0.6) is 5.75 Å². The lowest BCUT2D eigenvalue weighted by Crippen LogP contribution is -2.07. The van der Waals surface area contributed by atoms with Crippen LogP contribution in [0.1, 0.15) is 22.8 Å². The van der Waals surface area contributed by atoms with E-state index in [1.165, 1.54) is 12.1 Å².